The van der Waals surface area contributed by atoms with Crippen molar-refractivity contribution >= 4 is 29.0 Å². The highest BCUT2D eigenvalue weighted by Crippen LogP contribution is 2.16. The van der Waals surface area contributed by atoms with Gasteiger partial charge in [0.25, 0.3) is 5.91 Å². The van der Waals surface area contributed by atoms with Gasteiger partial charge < -0.3 is 10.2 Å². The Balaban J connectivity index is 1.72. The Morgan fingerprint density at radius 3 is 2.52 bits per heavy atom. The van der Waals surface area contributed by atoms with Crippen LogP contribution in [0.5, 0.6) is 0 Å². The second kappa shape index (κ2) is 7.77. The Kier molecular flexibility index (Phi) is 5.26. The molecule has 0 spiro atoms. The molecule has 1 aromatic heterocycles. The van der Waals surface area contributed by atoms with Crippen molar-refractivity contribution < 1.29 is 4.79 Å². The fraction of sp³-hybridized carbons (Fsp3) is 0.105. The first-order chi connectivity index (χ1) is 12.1. The monoisotopic (exact) mass is 352 g/mol. The van der Waals surface area contributed by atoms with Crippen LogP contribution in [-0.4, -0.2) is 22.9 Å². The van der Waals surface area contributed by atoms with E-state index in [0.29, 0.717) is 23.1 Å². The maximum Gasteiger partial charge on any atom is 0.274 e. The molecule has 1 amide bonds. The van der Waals surface area contributed by atoms with Gasteiger partial charge in [0, 0.05) is 30.4 Å². The average Bonchev–Trinajstić information content (AvgIpc) is 2.64. The maximum absolute atomic E-state index is 12.4. The van der Waals surface area contributed by atoms with Gasteiger partial charge in [0.1, 0.15) is 17.8 Å². The van der Waals surface area contributed by atoms with Crippen LogP contribution in [0, 0.1) is 0 Å². The molecule has 5 nitrogen and oxygen atoms in total. The Morgan fingerprint density at radius 2 is 1.80 bits per heavy atom. The average molecular weight is 353 g/mol. The van der Waals surface area contributed by atoms with Crippen LogP contribution < -0.4 is 10.2 Å². The van der Waals surface area contributed by atoms with Crippen LogP contribution in [0.25, 0.3) is 0 Å². The highest BCUT2D eigenvalue weighted by Gasteiger charge is 2.11. The van der Waals surface area contributed by atoms with Gasteiger partial charge in [-0.2, -0.15) is 0 Å². The van der Waals surface area contributed by atoms with Crippen molar-refractivity contribution in [2.24, 2.45) is 0 Å². The summed E-state index contributed by atoms with van der Waals surface area (Å²) < 4.78 is 0. The number of benzene rings is 2. The number of halogens is 1. The van der Waals surface area contributed by atoms with E-state index in [2.05, 4.69) is 15.3 Å². The minimum Gasteiger partial charge on any atom is -0.355 e. The Bertz CT molecular complexity index is 853. The molecule has 0 aliphatic heterocycles. The van der Waals surface area contributed by atoms with Gasteiger partial charge in [0.05, 0.1) is 0 Å². The summed E-state index contributed by atoms with van der Waals surface area (Å²) in [6, 6.07) is 18.6. The van der Waals surface area contributed by atoms with Gasteiger partial charge in [-0.3, -0.25) is 4.79 Å². The third kappa shape index (κ3) is 4.55. The number of nitrogens with one attached hydrogen (secondary N) is 1. The number of aromatic nitrogens is 2. The molecule has 0 radical (unpaired) electrons. The molecule has 0 atom stereocenters. The fourth-order valence-electron chi connectivity index (χ4n) is 2.34. The van der Waals surface area contributed by atoms with Crippen LogP contribution in [0.1, 0.15) is 16.1 Å². The molecule has 25 heavy (non-hydrogen) atoms. The van der Waals surface area contributed by atoms with Crippen LogP contribution in [0.15, 0.2) is 67.0 Å². The molecule has 1 heterocycles. The lowest BCUT2D eigenvalue weighted by Crippen LogP contribution is -2.20. The van der Waals surface area contributed by atoms with E-state index >= 15 is 0 Å². The Labute approximate surface area is 151 Å². The van der Waals surface area contributed by atoms with Crippen molar-refractivity contribution in [3.8, 4) is 0 Å². The van der Waals surface area contributed by atoms with E-state index in [-0.39, 0.29) is 5.91 Å². The summed E-state index contributed by atoms with van der Waals surface area (Å²) >= 11 is 5.91. The van der Waals surface area contributed by atoms with E-state index in [0.717, 1.165) is 11.3 Å². The molecular formula is C19H17ClN4O. The Morgan fingerprint density at radius 1 is 1.08 bits per heavy atom. The maximum atomic E-state index is 12.4. The van der Waals surface area contributed by atoms with Gasteiger partial charge in [-0.1, -0.05) is 41.9 Å². The Hall–Kier alpha value is -2.92. The lowest BCUT2D eigenvalue weighted by molar-refractivity contribution is 0.102. The first-order valence-electron chi connectivity index (χ1n) is 7.76. The SMILES string of the molecule is CN(Cc1ccc(Cl)cc1)c1cc(C(=O)Nc2ccccc2)ncn1. The molecule has 126 valence electrons. The summed E-state index contributed by atoms with van der Waals surface area (Å²) in [5.74, 6) is 0.401. The van der Waals surface area contributed by atoms with E-state index in [9.17, 15) is 4.79 Å². The quantitative estimate of drug-likeness (QED) is 0.753. The molecule has 0 saturated heterocycles. The van der Waals surface area contributed by atoms with E-state index in [1.54, 1.807) is 6.07 Å². The zero-order valence-corrected chi connectivity index (χ0v) is 14.4. The summed E-state index contributed by atoms with van der Waals surface area (Å²) in [5.41, 5.74) is 2.14. The number of anilines is 2. The number of nitrogens with zero attached hydrogens (tertiary/aromatic N) is 3. The first kappa shape index (κ1) is 16.9. The first-order valence-corrected chi connectivity index (χ1v) is 8.13. The molecule has 0 bridgehead atoms. The normalized spacial score (nSPS) is 10.3. The minimum absolute atomic E-state index is 0.269. The zero-order chi connectivity index (χ0) is 17.6. The van der Waals surface area contributed by atoms with Crippen molar-refractivity contribution in [3.05, 3.63) is 83.3 Å². The molecule has 3 rings (SSSR count). The second-order valence-corrected chi connectivity index (χ2v) is 6.00. The summed E-state index contributed by atoms with van der Waals surface area (Å²) in [6.45, 7) is 0.647. The highest BCUT2D eigenvalue weighted by atomic mass is 35.5. The molecule has 6 heteroatoms. The summed E-state index contributed by atoms with van der Waals surface area (Å²) in [5, 5.41) is 3.52. The number of carbonyl (C=O) groups excluding carboxylic acids is 1. The molecule has 3 aromatic rings. The van der Waals surface area contributed by atoms with Crippen LogP contribution in [0.4, 0.5) is 11.5 Å². The fourth-order valence-corrected chi connectivity index (χ4v) is 2.47. The van der Waals surface area contributed by atoms with Crippen molar-refractivity contribution in [3.63, 3.8) is 0 Å². The van der Waals surface area contributed by atoms with Gasteiger partial charge in [0.2, 0.25) is 0 Å². The van der Waals surface area contributed by atoms with Gasteiger partial charge >= 0.3 is 0 Å². The van der Waals surface area contributed by atoms with E-state index in [1.165, 1.54) is 6.33 Å². The smallest absolute Gasteiger partial charge is 0.274 e. The molecule has 0 aliphatic rings. The topological polar surface area (TPSA) is 58.1 Å². The second-order valence-electron chi connectivity index (χ2n) is 5.56. The zero-order valence-electron chi connectivity index (χ0n) is 13.7. The van der Waals surface area contributed by atoms with Gasteiger partial charge in [0.15, 0.2) is 0 Å². The van der Waals surface area contributed by atoms with E-state index in [4.69, 9.17) is 11.6 Å². The van der Waals surface area contributed by atoms with E-state index in [1.807, 2.05) is 66.5 Å². The largest absolute Gasteiger partial charge is 0.355 e. The van der Waals surface area contributed by atoms with Gasteiger partial charge in [-0.05, 0) is 29.8 Å². The molecule has 0 fully saturated rings. The third-order valence-electron chi connectivity index (χ3n) is 3.64. The molecule has 0 aliphatic carbocycles. The lowest BCUT2D eigenvalue weighted by Gasteiger charge is -2.18. The van der Waals surface area contributed by atoms with Crippen molar-refractivity contribution in [2.45, 2.75) is 6.54 Å². The van der Waals surface area contributed by atoms with Crippen molar-refractivity contribution in [1.82, 2.24) is 9.97 Å². The lowest BCUT2D eigenvalue weighted by atomic mass is 10.2. The number of hydrogen-bond acceptors (Lipinski definition) is 4. The summed E-state index contributed by atoms with van der Waals surface area (Å²) in [6.07, 6.45) is 1.40. The number of rotatable bonds is 5. The van der Waals surface area contributed by atoms with Gasteiger partial charge in [-0.15, -0.1) is 0 Å². The van der Waals surface area contributed by atoms with E-state index < -0.39 is 0 Å². The predicted octanol–water partition coefficient (Wildman–Crippen LogP) is 4.02. The summed E-state index contributed by atoms with van der Waals surface area (Å²) in [4.78, 5) is 22.6. The van der Waals surface area contributed by atoms with Crippen LogP contribution >= 0.6 is 11.6 Å². The predicted molar refractivity (Wildman–Crippen MR) is 100.0 cm³/mol. The standard InChI is InChI=1S/C19H17ClN4O/c1-24(12-14-7-9-15(20)10-8-14)18-11-17(21-13-22-18)19(25)23-16-5-3-2-4-6-16/h2-11,13H,12H2,1H3,(H,23,25). The number of amides is 1. The number of hydrogen-bond donors (Lipinski definition) is 1. The van der Waals surface area contributed by atoms with Crippen LogP contribution in [0.3, 0.4) is 0 Å². The number of carbonyl (C=O) groups is 1. The molecule has 0 saturated carbocycles. The minimum atomic E-state index is -0.269. The van der Waals surface area contributed by atoms with Crippen molar-refractivity contribution in [1.29, 1.82) is 0 Å². The number of para-hydroxylation sites is 1. The van der Waals surface area contributed by atoms with Crippen molar-refractivity contribution in [2.75, 3.05) is 17.3 Å². The molecule has 2 aromatic carbocycles. The molecule has 0 unspecified atom stereocenters. The van der Waals surface area contributed by atoms with Gasteiger partial charge in [-0.25, -0.2) is 9.97 Å². The highest BCUT2D eigenvalue weighted by molar-refractivity contribution is 6.30. The van der Waals surface area contributed by atoms with Crippen LogP contribution in [0.2, 0.25) is 5.02 Å². The third-order valence-corrected chi connectivity index (χ3v) is 3.89. The summed E-state index contributed by atoms with van der Waals surface area (Å²) in [7, 11) is 1.91. The molecule has 1 N–H and O–H groups in total. The van der Waals surface area contributed by atoms with Crippen LogP contribution in [-0.2, 0) is 6.54 Å². The molecular weight excluding hydrogens is 336 g/mol.